The summed E-state index contributed by atoms with van der Waals surface area (Å²) in [5.74, 6) is -1.57. The molecule has 0 saturated heterocycles. The van der Waals surface area contributed by atoms with Crippen LogP contribution in [0.2, 0.25) is 0 Å². The van der Waals surface area contributed by atoms with Crippen molar-refractivity contribution < 1.29 is 14.5 Å². The van der Waals surface area contributed by atoms with Crippen molar-refractivity contribution in [3.63, 3.8) is 0 Å². The fraction of sp³-hybridized carbons (Fsp3) is 0.417. The predicted octanol–water partition coefficient (Wildman–Crippen LogP) is -0.230. The van der Waals surface area contributed by atoms with Gasteiger partial charge in [0.15, 0.2) is 0 Å². The number of rotatable bonds is 6. The molecule has 0 spiro atoms. The van der Waals surface area contributed by atoms with Gasteiger partial charge in [-0.2, -0.15) is 0 Å². The first-order chi connectivity index (χ1) is 9.76. The van der Waals surface area contributed by atoms with Gasteiger partial charge in [-0.05, 0) is 13.3 Å². The zero-order chi connectivity index (χ0) is 16.2. The summed E-state index contributed by atoms with van der Waals surface area (Å²) in [5, 5.41) is 13.4. The summed E-state index contributed by atoms with van der Waals surface area (Å²) in [6.07, 6.45) is 1.60. The average Bonchev–Trinajstić information content (AvgIpc) is 2.40. The molecule has 0 aliphatic rings. The Morgan fingerprint density at radius 3 is 2.62 bits per heavy atom. The van der Waals surface area contributed by atoms with Crippen LogP contribution < -0.4 is 16.6 Å². The third kappa shape index (κ3) is 4.13. The van der Waals surface area contributed by atoms with E-state index in [9.17, 15) is 24.5 Å². The van der Waals surface area contributed by atoms with Crippen molar-refractivity contribution in [3.8, 4) is 0 Å². The minimum atomic E-state index is -1.08. The van der Waals surface area contributed by atoms with Crippen molar-refractivity contribution in [1.29, 1.82) is 0 Å². The quantitative estimate of drug-likeness (QED) is 0.551. The smallest absolute Gasteiger partial charge is 0.286 e. The van der Waals surface area contributed by atoms with E-state index in [1.165, 1.54) is 0 Å². The molecule has 1 aromatic rings. The number of carbonyl (C=O) groups excluding carboxylic acids is 2. The highest BCUT2D eigenvalue weighted by atomic mass is 16.6. The first-order valence-electron chi connectivity index (χ1n) is 6.24. The van der Waals surface area contributed by atoms with E-state index in [2.05, 4.69) is 5.32 Å². The number of primary amides is 1. The topological polar surface area (TPSA) is 137 Å². The highest BCUT2D eigenvalue weighted by Crippen LogP contribution is 2.10. The molecule has 1 rings (SSSR count). The number of pyridine rings is 1. The fourth-order valence-electron chi connectivity index (χ4n) is 1.59. The van der Waals surface area contributed by atoms with Crippen LogP contribution in [-0.4, -0.2) is 27.3 Å². The standard InChI is InChI=1S/C12H16N4O5/c1-3-7(2)14-10(17)6-15-5-8(16(20)21)4-9(11(13)18)12(15)19/h4-5,7H,3,6H2,1-2H3,(H2,13,18)(H,14,17)/t7-/m1/s1. The number of hydrogen-bond acceptors (Lipinski definition) is 5. The zero-order valence-electron chi connectivity index (χ0n) is 11.7. The largest absolute Gasteiger partial charge is 0.365 e. The molecule has 0 bridgehead atoms. The molecule has 114 valence electrons. The molecule has 0 fully saturated rings. The van der Waals surface area contributed by atoms with Gasteiger partial charge in [0.25, 0.3) is 17.2 Å². The summed E-state index contributed by atoms with van der Waals surface area (Å²) < 4.78 is 0.802. The van der Waals surface area contributed by atoms with Gasteiger partial charge < -0.3 is 11.1 Å². The van der Waals surface area contributed by atoms with Crippen LogP contribution in [0.1, 0.15) is 30.6 Å². The summed E-state index contributed by atoms with van der Waals surface area (Å²) in [6, 6.07) is 0.704. The molecule has 0 aliphatic heterocycles. The molecule has 0 aromatic carbocycles. The Kier molecular flexibility index (Phi) is 5.17. The molecule has 9 heteroatoms. The van der Waals surface area contributed by atoms with Crippen LogP contribution in [0.15, 0.2) is 17.1 Å². The van der Waals surface area contributed by atoms with E-state index in [1.807, 2.05) is 6.92 Å². The molecule has 1 atom stereocenters. The van der Waals surface area contributed by atoms with Crippen LogP contribution in [0.3, 0.4) is 0 Å². The molecule has 0 unspecified atom stereocenters. The third-order valence-corrected chi connectivity index (χ3v) is 2.88. The molecule has 9 nitrogen and oxygen atoms in total. The lowest BCUT2D eigenvalue weighted by Gasteiger charge is -2.12. The molecular weight excluding hydrogens is 280 g/mol. The van der Waals surface area contributed by atoms with E-state index < -0.39 is 40.1 Å². The second kappa shape index (κ2) is 6.64. The van der Waals surface area contributed by atoms with Crippen molar-refractivity contribution in [2.45, 2.75) is 32.9 Å². The van der Waals surface area contributed by atoms with Gasteiger partial charge in [-0.15, -0.1) is 0 Å². The number of nitrogens with one attached hydrogen (secondary N) is 1. The van der Waals surface area contributed by atoms with E-state index in [0.29, 0.717) is 6.42 Å². The van der Waals surface area contributed by atoms with E-state index in [0.717, 1.165) is 16.8 Å². The molecule has 21 heavy (non-hydrogen) atoms. The van der Waals surface area contributed by atoms with Gasteiger partial charge in [-0.3, -0.25) is 29.1 Å². The van der Waals surface area contributed by atoms with Crippen LogP contribution in [0.5, 0.6) is 0 Å². The number of nitrogens with two attached hydrogens (primary N) is 1. The van der Waals surface area contributed by atoms with Crippen LogP contribution >= 0.6 is 0 Å². The number of carbonyl (C=O) groups is 2. The molecule has 3 N–H and O–H groups in total. The summed E-state index contributed by atoms with van der Waals surface area (Å²) in [4.78, 5) is 44.8. The van der Waals surface area contributed by atoms with Crippen LogP contribution in [0, 0.1) is 10.1 Å². The molecule has 0 aliphatic carbocycles. The summed E-state index contributed by atoms with van der Waals surface area (Å²) in [6.45, 7) is 3.23. The summed E-state index contributed by atoms with van der Waals surface area (Å²) >= 11 is 0. The van der Waals surface area contributed by atoms with E-state index in [4.69, 9.17) is 5.73 Å². The number of amides is 2. The van der Waals surface area contributed by atoms with Crippen LogP contribution in [0.4, 0.5) is 5.69 Å². The van der Waals surface area contributed by atoms with Crippen molar-refractivity contribution in [1.82, 2.24) is 9.88 Å². The molecular formula is C12H16N4O5. The molecule has 0 radical (unpaired) electrons. The van der Waals surface area contributed by atoms with Gasteiger partial charge in [0.05, 0.1) is 11.1 Å². The number of nitrogens with zero attached hydrogens (tertiary/aromatic N) is 2. The SMILES string of the molecule is CC[C@@H](C)NC(=O)Cn1cc([N+](=O)[O-])cc(C(N)=O)c1=O. The third-order valence-electron chi connectivity index (χ3n) is 2.88. The lowest BCUT2D eigenvalue weighted by atomic mass is 10.2. The highest BCUT2D eigenvalue weighted by Gasteiger charge is 2.18. The first-order valence-corrected chi connectivity index (χ1v) is 6.24. The molecule has 1 heterocycles. The Bertz CT molecular complexity index is 637. The number of hydrogen-bond donors (Lipinski definition) is 2. The number of aromatic nitrogens is 1. The Morgan fingerprint density at radius 2 is 2.14 bits per heavy atom. The van der Waals surface area contributed by atoms with Gasteiger partial charge in [0, 0.05) is 12.1 Å². The average molecular weight is 296 g/mol. The highest BCUT2D eigenvalue weighted by molar-refractivity contribution is 5.93. The monoisotopic (exact) mass is 296 g/mol. The fourth-order valence-corrected chi connectivity index (χ4v) is 1.59. The molecule has 2 amide bonds. The Balaban J connectivity index is 3.17. The van der Waals surface area contributed by atoms with Gasteiger partial charge in [0.1, 0.15) is 12.1 Å². The van der Waals surface area contributed by atoms with Crippen molar-refractivity contribution >= 4 is 17.5 Å². The summed E-state index contributed by atoms with van der Waals surface area (Å²) in [7, 11) is 0. The maximum Gasteiger partial charge on any atom is 0.286 e. The van der Waals surface area contributed by atoms with Crippen molar-refractivity contribution in [2.75, 3.05) is 0 Å². The zero-order valence-corrected chi connectivity index (χ0v) is 11.7. The Hall–Kier alpha value is -2.71. The first kappa shape index (κ1) is 16.3. The maximum atomic E-state index is 11.9. The van der Waals surface area contributed by atoms with Gasteiger partial charge in [-0.1, -0.05) is 6.92 Å². The second-order valence-corrected chi connectivity index (χ2v) is 4.54. The van der Waals surface area contributed by atoms with Crippen molar-refractivity contribution in [3.05, 3.63) is 38.3 Å². The van der Waals surface area contributed by atoms with E-state index in [-0.39, 0.29) is 6.04 Å². The van der Waals surface area contributed by atoms with E-state index >= 15 is 0 Å². The van der Waals surface area contributed by atoms with Gasteiger partial charge in [0.2, 0.25) is 5.91 Å². The minimum absolute atomic E-state index is 0.0949. The Morgan fingerprint density at radius 1 is 1.52 bits per heavy atom. The lowest BCUT2D eigenvalue weighted by molar-refractivity contribution is -0.385. The van der Waals surface area contributed by atoms with Gasteiger partial charge >= 0.3 is 0 Å². The van der Waals surface area contributed by atoms with Crippen LogP contribution in [-0.2, 0) is 11.3 Å². The van der Waals surface area contributed by atoms with E-state index in [1.54, 1.807) is 6.92 Å². The van der Waals surface area contributed by atoms with Gasteiger partial charge in [-0.25, -0.2) is 0 Å². The molecule has 0 saturated carbocycles. The normalized spacial score (nSPS) is 11.7. The minimum Gasteiger partial charge on any atom is -0.365 e. The second-order valence-electron chi connectivity index (χ2n) is 4.54. The van der Waals surface area contributed by atoms with Crippen molar-refractivity contribution in [2.24, 2.45) is 5.73 Å². The molecule has 1 aromatic heterocycles. The summed E-state index contributed by atoms with van der Waals surface area (Å²) in [5.41, 5.74) is 3.16. The number of nitro groups is 1. The lowest BCUT2D eigenvalue weighted by Crippen LogP contribution is -2.38. The predicted molar refractivity (Wildman–Crippen MR) is 73.8 cm³/mol. The maximum absolute atomic E-state index is 11.9. The van der Waals surface area contributed by atoms with Crippen LogP contribution in [0.25, 0.3) is 0 Å². The Labute approximate surface area is 119 Å².